The van der Waals surface area contributed by atoms with E-state index in [9.17, 15) is 4.79 Å². The van der Waals surface area contributed by atoms with Crippen molar-refractivity contribution in [2.45, 2.75) is 32.7 Å². The lowest BCUT2D eigenvalue weighted by Crippen LogP contribution is -2.32. The monoisotopic (exact) mass is 296 g/mol. The summed E-state index contributed by atoms with van der Waals surface area (Å²) in [5.74, 6) is 0.437. The highest BCUT2D eigenvalue weighted by Crippen LogP contribution is 2.31. The van der Waals surface area contributed by atoms with Gasteiger partial charge in [0.1, 0.15) is 5.69 Å². The lowest BCUT2D eigenvalue weighted by molar-refractivity contribution is 0.0934. The van der Waals surface area contributed by atoms with Crippen LogP contribution >= 0.6 is 0 Å². The number of rotatable bonds is 4. The maximum Gasteiger partial charge on any atom is 0.270 e. The van der Waals surface area contributed by atoms with Crippen LogP contribution in [0.15, 0.2) is 36.5 Å². The van der Waals surface area contributed by atoms with E-state index in [1.807, 2.05) is 26.0 Å². The number of fused-ring (bicyclic) bond motifs is 1. The topological polar surface area (TPSA) is 58.1 Å². The van der Waals surface area contributed by atoms with Gasteiger partial charge < -0.3 is 10.2 Å². The molecule has 5 nitrogen and oxygen atoms in total. The molecule has 1 unspecified atom stereocenters. The molecule has 1 aromatic heterocycles. The molecule has 5 heteroatoms. The zero-order valence-electron chi connectivity index (χ0n) is 12.9. The summed E-state index contributed by atoms with van der Waals surface area (Å²) < 4.78 is 0. The van der Waals surface area contributed by atoms with E-state index < -0.39 is 0 Å². The molecular formula is C17H20N4O. The molecule has 2 aromatic rings. The normalized spacial score (nSPS) is 14.5. The molecule has 2 heterocycles. The molecule has 1 amide bonds. The van der Waals surface area contributed by atoms with Gasteiger partial charge in [0.15, 0.2) is 0 Å². The number of nitrogens with one attached hydrogen (secondary N) is 1. The quantitative estimate of drug-likeness (QED) is 0.942. The van der Waals surface area contributed by atoms with Crippen LogP contribution in [-0.4, -0.2) is 28.5 Å². The molecule has 1 aliphatic rings. The Labute approximate surface area is 130 Å². The third-order valence-corrected chi connectivity index (χ3v) is 3.99. The van der Waals surface area contributed by atoms with Crippen molar-refractivity contribution in [1.29, 1.82) is 0 Å². The highest BCUT2D eigenvalue weighted by Gasteiger charge is 2.22. The fourth-order valence-electron chi connectivity index (χ4n) is 2.55. The molecule has 1 aromatic carbocycles. The second-order valence-electron chi connectivity index (χ2n) is 5.55. The zero-order valence-corrected chi connectivity index (χ0v) is 12.9. The van der Waals surface area contributed by atoms with E-state index in [4.69, 9.17) is 0 Å². The van der Waals surface area contributed by atoms with E-state index in [1.54, 1.807) is 12.3 Å². The van der Waals surface area contributed by atoms with Gasteiger partial charge in [-0.25, -0.2) is 9.97 Å². The number of anilines is 2. The van der Waals surface area contributed by atoms with Crippen molar-refractivity contribution in [3.8, 4) is 0 Å². The van der Waals surface area contributed by atoms with Crippen molar-refractivity contribution in [3.63, 3.8) is 0 Å². The molecule has 0 fully saturated rings. The third kappa shape index (κ3) is 2.79. The summed E-state index contributed by atoms with van der Waals surface area (Å²) in [6.45, 7) is 4.87. The maximum absolute atomic E-state index is 12.2. The van der Waals surface area contributed by atoms with E-state index in [-0.39, 0.29) is 11.9 Å². The van der Waals surface area contributed by atoms with E-state index in [0.29, 0.717) is 11.6 Å². The Balaban J connectivity index is 1.85. The van der Waals surface area contributed by atoms with Crippen molar-refractivity contribution < 1.29 is 4.79 Å². The van der Waals surface area contributed by atoms with Crippen LogP contribution in [-0.2, 0) is 6.42 Å². The Bertz CT molecular complexity index is 686. The Hall–Kier alpha value is -2.43. The number of hydrogen-bond acceptors (Lipinski definition) is 4. The van der Waals surface area contributed by atoms with E-state index in [1.165, 1.54) is 5.56 Å². The maximum atomic E-state index is 12.2. The molecule has 114 valence electrons. The van der Waals surface area contributed by atoms with Crippen LogP contribution in [0.4, 0.5) is 11.6 Å². The smallest absolute Gasteiger partial charge is 0.270 e. The Morgan fingerprint density at radius 3 is 3.00 bits per heavy atom. The number of para-hydroxylation sites is 1. The summed E-state index contributed by atoms with van der Waals surface area (Å²) in [6, 6.07) is 10.0. The van der Waals surface area contributed by atoms with Crippen molar-refractivity contribution in [2.24, 2.45) is 0 Å². The molecule has 1 aliphatic heterocycles. The van der Waals surface area contributed by atoms with Gasteiger partial charge in [0, 0.05) is 24.5 Å². The number of amides is 1. The molecular weight excluding hydrogens is 276 g/mol. The van der Waals surface area contributed by atoms with Gasteiger partial charge in [-0.15, -0.1) is 0 Å². The van der Waals surface area contributed by atoms with Crippen LogP contribution in [0.25, 0.3) is 0 Å². The van der Waals surface area contributed by atoms with E-state index >= 15 is 0 Å². The third-order valence-electron chi connectivity index (χ3n) is 3.99. The molecule has 0 aliphatic carbocycles. The molecule has 0 bridgehead atoms. The first-order valence-corrected chi connectivity index (χ1v) is 7.68. The number of nitrogens with zero attached hydrogens (tertiary/aromatic N) is 3. The second kappa shape index (κ2) is 6.13. The van der Waals surface area contributed by atoms with Crippen LogP contribution in [0.2, 0.25) is 0 Å². The standard InChI is InChI=1S/C17H20N4O/c1-3-12(2)19-16(22)14-8-10-18-17(20-14)21-11-9-13-6-4-5-7-15(13)21/h4-8,10,12H,3,9,11H2,1-2H3,(H,19,22). The minimum absolute atomic E-state index is 0.137. The SMILES string of the molecule is CCC(C)NC(=O)c1ccnc(N2CCc3ccccc32)n1. The molecule has 1 atom stereocenters. The second-order valence-corrected chi connectivity index (χ2v) is 5.55. The predicted molar refractivity (Wildman–Crippen MR) is 86.4 cm³/mol. The molecule has 1 N–H and O–H groups in total. The van der Waals surface area contributed by atoms with Crippen LogP contribution in [0.1, 0.15) is 36.3 Å². The number of benzene rings is 1. The van der Waals surface area contributed by atoms with Crippen LogP contribution < -0.4 is 10.2 Å². The zero-order chi connectivity index (χ0) is 15.5. The largest absolute Gasteiger partial charge is 0.348 e. The molecule has 0 saturated heterocycles. The lowest BCUT2D eigenvalue weighted by Gasteiger charge is -2.18. The van der Waals surface area contributed by atoms with Crippen molar-refractivity contribution in [3.05, 3.63) is 47.8 Å². The number of carbonyl (C=O) groups is 1. The average Bonchev–Trinajstić information content (AvgIpc) is 2.99. The molecule has 0 radical (unpaired) electrons. The highest BCUT2D eigenvalue weighted by atomic mass is 16.1. The highest BCUT2D eigenvalue weighted by molar-refractivity contribution is 5.92. The summed E-state index contributed by atoms with van der Waals surface area (Å²) in [4.78, 5) is 23.1. The van der Waals surface area contributed by atoms with Crippen LogP contribution in [0.5, 0.6) is 0 Å². The van der Waals surface area contributed by atoms with Gasteiger partial charge in [0.2, 0.25) is 5.95 Å². The number of aromatic nitrogens is 2. The van der Waals surface area contributed by atoms with Gasteiger partial charge in [-0.1, -0.05) is 25.1 Å². The van der Waals surface area contributed by atoms with Gasteiger partial charge in [-0.3, -0.25) is 4.79 Å². The van der Waals surface area contributed by atoms with Gasteiger partial charge in [0.25, 0.3) is 5.91 Å². The fraction of sp³-hybridized carbons (Fsp3) is 0.353. The summed E-state index contributed by atoms with van der Waals surface area (Å²) in [5, 5.41) is 2.94. The summed E-state index contributed by atoms with van der Waals surface area (Å²) in [6.07, 6.45) is 3.51. The van der Waals surface area contributed by atoms with Crippen LogP contribution in [0, 0.1) is 0 Å². The Morgan fingerprint density at radius 2 is 2.18 bits per heavy atom. The molecule has 3 rings (SSSR count). The lowest BCUT2D eigenvalue weighted by atomic mass is 10.2. The minimum atomic E-state index is -0.148. The van der Waals surface area contributed by atoms with Gasteiger partial charge in [-0.2, -0.15) is 0 Å². The van der Waals surface area contributed by atoms with E-state index in [0.717, 1.165) is 25.1 Å². The van der Waals surface area contributed by atoms with Gasteiger partial charge >= 0.3 is 0 Å². The predicted octanol–water partition coefficient (Wildman–Crippen LogP) is 2.70. The molecule has 22 heavy (non-hydrogen) atoms. The van der Waals surface area contributed by atoms with Crippen molar-refractivity contribution in [1.82, 2.24) is 15.3 Å². The Kier molecular flexibility index (Phi) is 4.04. The Morgan fingerprint density at radius 1 is 1.36 bits per heavy atom. The number of carbonyl (C=O) groups excluding carboxylic acids is 1. The number of hydrogen-bond donors (Lipinski definition) is 1. The fourth-order valence-corrected chi connectivity index (χ4v) is 2.55. The van der Waals surface area contributed by atoms with Gasteiger partial charge in [0.05, 0.1) is 0 Å². The minimum Gasteiger partial charge on any atom is -0.348 e. The summed E-state index contributed by atoms with van der Waals surface area (Å²) >= 11 is 0. The van der Waals surface area contributed by atoms with Gasteiger partial charge in [-0.05, 0) is 37.5 Å². The molecule has 0 saturated carbocycles. The summed E-state index contributed by atoms with van der Waals surface area (Å²) in [5.41, 5.74) is 2.83. The van der Waals surface area contributed by atoms with E-state index in [2.05, 4.69) is 32.3 Å². The first-order chi connectivity index (χ1) is 10.7. The van der Waals surface area contributed by atoms with Crippen molar-refractivity contribution >= 4 is 17.5 Å². The molecule has 0 spiro atoms. The van der Waals surface area contributed by atoms with Crippen LogP contribution in [0.3, 0.4) is 0 Å². The average molecular weight is 296 g/mol. The van der Waals surface area contributed by atoms with Crippen molar-refractivity contribution in [2.75, 3.05) is 11.4 Å². The summed E-state index contributed by atoms with van der Waals surface area (Å²) in [7, 11) is 0. The first kappa shape index (κ1) is 14.5. The first-order valence-electron chi connectivity index (χ1n) is 7.68.